The first-order valence-electron chi connectivity index (χ1n) is 7.42. The molecule has 0 aliphatic heterocycles. The molecule has 0 aromatic heterocycles. The second kappa shape index (κ2) is 9.52. The molecule has 6 heteroatoms. The highest BCUT2D eigenvalue weighted by Gasteiger charge is 2.42. The predicted molar refractivity (Wildman–Crippen MR) is 76.8 cm³/mol. The quantitative estimate of drug-likeness (QED) is 0.335. The molecule has 0 saturated heterocycles. The minimum Gasteiger partial charge on any atom is -0.544 e. The van der Waals surface area contributed by atoms with E-state index >= 15 is 0 Å². The molecular weight excluding hydrogens is 274 g/mol. The lowest BCUT2D eigenvalue weighted by molar-refractivity contribution is -0.927. The van der Waals surface area contributed by atoms with E-state index in [-0.39, 0.29) is 0 Å². The van der Waals surface area contributed by atoms with E-state index in [9.17, 15) is 24.9 Å². The highest BCUT2D eigenvalue weighted by atomic mass is 16.4. The maximum atomic E-state index is 11.2. The monoisotopic (exact) mass is 301 g/mol. The molecule has 0 aliphatic rings. The van der Waals surface area contributed by atoms with Crippen molar-refractivity contribution in [3.63, 3.8) is 0 Å². The third kappa shape index (κ3) is 5.47. The Morgan fingerprint density at radius 2 is 1.81 bits per heavy atom. The lowest BCUT2D eigenvalue weighted by Crippen LogP contribution is -2.63. The van der Waals surface area contributed by atoms with E-state index in [1.54, 1.807) is 6.08 Å². The number of nitrogens with zero attached hydrogens (tertiary/aromatic N) is 1. The molecule has 0 spiro atoms. The molecule has 0 aromatic carbocycles. The molecule has 0 rings (SSSR count). The van der Waals surface area contributed by atoms with Gasteiger partial charge in [0, 0.05) is 0 Å². The number of aliphatic hydroxyl groups is 1. The normalized spacial score (nSPS) is 17.3. The van der Waals surface area contributed by atoms with E-state index in [1.807, 2.05) is 0 Å². The van der Waals surface area contributed by atoms with Gasteiger partial charge in [-0.2, -0.15) is 0 Å². The number of carbonyl (C=O) groups excluding carboxylic acids is 1. The van der Waals surface area contributed by atoms with Gasteiger partial charge in [-0.25, -0.2) is 4.79 Å². The van der Waals surface area contributed by atoms with Crippen LogP contribution in [-0.2, 0) is 9.59 Å². The first-order valence-corrected chi connectivity index (χ1v) is 7.42. The van der Waals surface area contributed by atoms with Gasteiger partial charge in [0.2, 0.25) is 0 Å². The smallest absolute Gasteiger partial charge is 0.362 e. The number of hydrogen-bond donors (Lipinski definition) is 2. The summed E-state index contributed by atoms with van der Waals surface area (Å²) in [6.45, 7) is 4.25. The molecule has 6 nitrogen and oxygen atoms in total. The van der Waals surface area contributed by atoms with Gasteiger partial charge in [-0.05, 0) is 32.8 Å². The Hall–Kier alpha value is -1.40. The van der Waals surface area contributed by atoms with E-state index in [1.165, 1.54) is 20.0 Å². The van der Waals surface area contributed by atoms with Crippen LogP contribution in [0.25, 0.3) is 0 Å². The van der Waals surface area contributed by atoms with E-state index in [4.69, 9.17) is 0 Å². The largest absolute Gasteiger partial charge is 0.544 e. The molecule has 3 unspecified atom stereocenters. The summed E-state index contributed by atoms with van der Waals surface area (Å²) in [6, 6.07) is -2.22. The van der Waals surface area contributed by atoms with Crippen molar-refractivity contribution in [2.45, 2.75) is 65.0 Å². The molecule has 0 heterocycles. The lowest BCUT2D eigenvalue weighted by Gasteiger charge is -2.41. The first-order chi connectivity index (χ1) is 9.83. The number of allylic oxidation sites excluding steroid dienone is 1. The number of carboxylic acid groups (broad SMARTS) is 2. The molecule has 0 saturated carbocycles. The molecule has 0 aromatic rings. The third-order valence-electron chi connectivity index (χ3n) is 3.99. The standard InChI is InChI=1S/C15H27NO5/c1-4-5-6-7-8-9-10-16(11-17,12(2)14(18)19)13(3)15(20)21/h9-10,12-13,17H,4-8,11H2,1-3H3,(H-,18,19,20,21)/b10-9+. The minimum absolute atomic E-state index is 0.564. The summed E-state index contributed by atoms with van der Waals surface area (Å²) < 4.78 is -0.564. The van der Waals surface area contributed by atoms with Gasteiger partial charge < -0.3 is 20.1 Å². The van der Waals surface area contributed by atoms with Crippen molar-refractivity contribution >= 4 is 11.9 Å². The Labute approximate surface area is 126 Å². The third-order valence-corrected chi connectivity index (χ3v) is 3.99. The number of hydrogen-bond acceptors (Lipinski definition) is 4. The zero-order valence-corrected chi connectivity index (χ0v) is 13.1. The summed E-state index contributed by atoms with van der Waals surface area (Å²) in [5, 5.41) is 29.9. The summed E-state index contributed by atoms with van der Waals surface area (Å²) >= 11 is 0. The number of carbonyl (C=O) groups is 2. The zero-order chi connectivity index (χ0) is 16.5. The Morgan fingerprint density at radius 1 is 1.19 bits per heavy atom. The Bertz CT molecular complexity index is 347. The van der Waals surface area contributed by atoms with Gasteiger partial charge in [0.05, 0.1) is 12.2 Å². The molecule has 3 atom stereocenters. The topological polar surface area (TPSA) is 97.7 Å². The summed E-state index contributed by atoms with van der Waals surface area (Å²) in [6.07, 6.45) is 8.26. The second-order valence-electron chi connectivity index (χ2n) is 5.38. The molecular formula is C15H27NO5. The van der Waals surface area contributed by atoms with Gasteiger partial charge in [0.15, 0.2) is 12.8 Å². The Balaban J connectivity index is 5.07. The summed E-state index contributed by atoms with van der Waals surface area (Å²) in [7, 11) is 0. The highest BCUT2D eigenvalue weighted by molar-refractivity contribution is 5.73. The number of rotatable bonds is 11. The SMILES string of the molecule is CCCCCC/C=C/[N+](CO)(C(C)C(=O)[O-])C(C)C(=O)O. The van der Waals surface area contributed by atoms with Crippen LogP contribution in [0.3, 0.4) is 0 Å². The van der Waals surface area contributed by atoms with Crippen LogP contribution in [0.2, 0.25) is 0 Å². The van der Waals surface area contributed by atoms with Crippen molar-refractivity contribution in [3.8, 4) is 0 Å². The van der Waals surface area contributed by atoms with Crippen molar-refractivity contribution in [2.24, 2.45) is 0 Å². The van der Waals surface area contributed by atoms with Gasteiger partial charge in [-0.3, -0.25) is 4.48 Å². The van der Waals surface area contributed by atoms with Crippen molar-refractivity contribution < 1.29 is 29.4 Å². The average molecular weight is 301 g/mol. The first kappa shape index (κ1) is 19.6. The van der Waals surface area contributed by atoms with Crippen molar-refractivity contribution in [1.82, 2.24) is 0 Å². The minimum atomic E-state index is -1.38. The molecule has 122 valence electrons. The highest BCUT2D eigenvalue weighted by Crippen LogP contribution is 2.21. The van der Waals surface area contributed by atoms with Gasteiger partial charge in [0.25, 0.3) is 0 Å². The van der Waals surface area contributed by atoms with Crippen molar-refractivity contribution in [2.75, 3.05) is 6.73 Å². The fourth-order valence-electron chi connectivity index (χ4n) is 2.25. The van der Waals surface area contributed by atoms with E-state index in [0.717, 1.165) is 32.1 Å². The summed E-state index contributed by atoms with van der Waals surface area (Å²) in [4.78, 5) is 22.4. The molecule has 0 amide bonds. The summed E-state index contributed by atoms with van der Waals surface area (Å²) in [5.74, 6) is -2.54. The zero-order valence-electron chi connectivity index (χ0n) is 13.1. The van der Waals surface area contributed by atoms with Crippen LogP contribution in [-0.4, -0.2) is 45.4 Å². The number of aliphatic hydroxyl groups excluding tert-OH is 1. The maximum Gasteiger partial charge on any atom is 0.362 e. The molecule has 0 bridgehead atoms. The molecule has 0 aliphatic carbocycles. The van der Waals surface area contributed by atoms with Crippen LogP contribution in [0.15, 0.2) is 12.3 Å². The predicted octanol–water partition coefficient (Wildman–Crippen LogP) is 0.849. The van der Waals surface area contributed by atoms with Gasteiger partial charge in [0.1, 0.15) is 6.04 Å². The lowest BCUT2D eigenvalue weighted by atomic mass is 10.1. The van der Waals surface area contributed by atoms with E-state index in [0.29, 0.717) is 0 Å². The van der Waals surface area contributed by atoms with Crippen LogP contribution in [0, 0.1) is 0 Å². The molecule has 21 heavy (non-hydrogen) atoms. The van der Waals surface area contributed by atoms with Crippen molar-refractivity contribution in [1.29, 1.82) is 0 Å². The second-order valence-corrected chi connectivity index (χ2v) is 5.38. The van der Waals surface area contributed by atoms with Crippen molar-refractivity contribution in [3.05, 3.63) is 12.3 Å². The van der Waals surface area contributed by atoms with E-state index < -0.39 is 35.2 Å². The molecule has 2 N–H and O–H groups in total. The Morgan fingerprint density at radius 3 is 2.24 bits per heavy atom. The fraction of sp³-hybridized carbons (Fsp3) is 0.733. The van der Waals surface area contributed by atoms with Crippen LogP contribution in [0.1, 0.15) is 52.9 Å². The van der Waals surface area contributed by atoms with Crippen LogP contribution >= 0.6 is 0 Å². The molecule has 0 fully saturated rings. The van der Waals surface area contributed by atoms with Gasteiger partial charge in [-0.15, -0.1) is 0 Å². The number of quaternary nitrogens is 1. The Kier molecular flexibility index (Phi) is 8.89. The number of unbranched alkanes of at least 4 members (excludes halogenated alkanes) is 4. The van der Waals surface area contributed by atoms with E-state index in [2.05, 4.69) is 6.92 Å². The number of carboxylic acids is 2. The van der Waals surface area contributed by atoms with Gasteiger partial charge in [-0.1, -0.05) is 26.2 Å². The molecule has 0 radical (unpaired) electrons. The van der Waals surface area contributed by atoms with Crippen LogP contribution in [0.4, 0.5) is 0 Å². The number of aliphatic carboxylic acids is 2. The van der Waals surface area contributed by atoms with Crippen LogP contribution < -0.4 is 5.11 Å². The van der Waals surface area contributed by atoms with Gasteiger partial charge >= 0.3 is 5.97 Å². The summed E-state index contributed by atoms with van der Waals surface area (Å²) in [5.41, 5.74) is 0. The average Bonchev–Trinajstić information content (AvgIpc) is 2.45. The van der Waals surface area contributed by atoms with Crippen LogP contribution in [0.5, 0.6) is 0 Å². The fourth-order valence-corrected chi connectivity index (χ4v) is 2.25. The maximum absolute atomic E-state index is 11.2.